The Hall–Kier alpha value is -4.48. The Balaban J connectivity index is 1.25. The molecule has 5 heterocycles. The fourth-order valence-electron chi connectivity index (χ4n) is 12.6. The second-order valence-electron chi connectivity index (χ2n) is 21.6. The Morgan fingerprint density at radius 1 is 0.672 bits per heavy atom. The highest BCUT2D eigenvalue weighted by Crippen LogP contribution is 2.63. The predicted molar refractivity (Wildman–Crippen MR) is 250 cm³/mol. The van der Waals surface area contributed by atoms with Crippen molar-refractivity contribution in [2.75, 3.05) is 9.80 Å². The largest absolute Gasteiger partial charge is 0.454 e. The van der Waals surface area contributed by atoms with Gasteiger partial charge >= 0.3 is 0 Å². The van der Waals surface area contributed by atoms with E-state index in [4.69, 9.17) is 4.42 Å². The highest BCUT2D eigenvalue weighted by molar-refractivity contribution is 7.33. The normalized spacial score (nSPS) is 23.6. The van der Waals surface area contributed by atoms with E-state index in [0.717, 1.165) is 16.9 Å². The van der Waals surface area contributed by atoms with Gasteiger partial charge in [0.1, 0.15) is 5.58 Å². The van der Waals surface area contributed by atoms with Crippen LogP contribution in [0, 0.1) is 6.92 Å². The highest BCUT2D eigenvalue weighted by atomic mass is 32.1. The first-order valence-corrected chi connectivity index (χ1v) is 22.8. The van der Waals surface area contributed by atoms with E-state index in [0.29, 0.717) is 0 Å². The second-order valence-corrected chi connectivity index (χ2v) is 22.7. The molecule has 7 aromatic rings. The molecule has 3 nitrogen and oxygen atoms in total. The number of benzene rings is 5. The lowest BCUT2D eigenvalue weighted by atomic mass is 9.36. The molecule has 0 saturated heterocycles. The van der Waals surface area contributed by atoms with E-state index in [-0.39, 0.29) is 33.9 Å². The van der Waals surface area contributed by atoms with Crippen LogP contribution in [-0.2, 0) is 21.7 Å². The maximum absolute atomic E-state index is 6.95. The van der Waals surface area contributed by atoms with Gasteiger partial charge in [0.15, 0.2) is 5.58 Å². The number of hydrogen-bond donors (Lipinski definition) is 0. The number of nitrogens with zero attached hydrogens (tertiary/aromatic N) is 2. The van der Waals surface area contributed by atoms with Crippen LogP contribution in [0.2, 0.25) is 0 Å². The summed E-state index contributed by atoms with van der Waals surface area (Å²) in [6.07, 6.45) is 7.39. The molecule has 2 atom stereocenters. The Kier molecular flexibility index (Phi) is 6.73. The molecule has 0 spiro atoms. The van der Waals surface area contributed by atoms with Gasteiger partial charge in [0.25, 0.3) is 6.71 Å². The first-order chi connectivity index (χ1) is 27.5. The SMILES string of the molecule is Cc1cc2c3c(c1)N1c4c(cc(C(C)(C)C)cc4C4(C)CCCCC14C)B3c1sc3cc4c(cc3c1N2c1cccc2c1oc1ccccc12)C(C)(C)CCC4(C)C. The molecule has 5 aliphatic rings. The van der Waals surface area contributed by atoms with Gasteiger partial charge in [-0.3, -0.25) is 0 Å². The number of furan rings is 1. The average Bonchev–Trinajstić information content (AvgIpc) is 3.81. The summed E-state index contributed by atoms with van der Waals surface area (Å²) in [6, 6.07) is 31.0. The molecule has 5 aromatic carbocycles. The van der Waals surface area contributed by atoms with Crippen LogP contribution in [0.5, 0.6) is 0 Å². The summed E-state index contributed by atoms with van der Waals surface area (Å²) in [5, 5.41) is 3.73. The van der Waals surface area contributed by atoms with Gasteiger partial charge in [0.05, 0.1) is 16.9 Å². The molecule has 1 fully saturated rings. The van der Waals surface area contributed by atoms with Crippen molar-refractivity contribution in [1.82, 2.24) is 0 Å². The number of hydrogen-bond acceptors (Lipinski definition) is 4. The number of aryl methyl sites for hydroxylation is 1. The Bertz CT molecular complexity index is 2970. The molecule has 2 aliphatic carbocycles. The van der Waals surface area contributed by atoms with E-state index < -0.39 is 0 Å². The molecule has 3 aliphatic heterocycles. The zero-order valence-electron chi connectivity index (χ0n) is 36.0. The number of rotatable bonds is 1. The summed E-state index contributed by atoms with van der Waals surface area (Å²) in [5.41, 5.74) is 19.3. The van der Waals surface area contributed by atoms with Crippen LogP contribution >= 0.6 is 11.3 Å². The van der Waals surface area contributed by atoms with Gasteiger partial charge in [-0.05, 0) is 131 Å². The van der Waals surface area contributed by atoms with Crippen LogP contribution in [0.15, 0.2) is 83.3 Å². The molecule has 0 amide bonds. The first-order valence-electron chi connectivity index (χ1n) is 22.0. The first kappa shape index (κ1) is 35.5. The topological polar surface area (TPSA) is 19.6 Å². The molecule has 292 valence electrons. The van der Waals surface area contributed by atoms with E-state index in [1.807, 2.05) is 0 Å². The minimum atomic E-state index is -0.0222. The average molecular weight is 779 g/mol. The third-order valence-electron chi connectivity index (χ3n) is 16.2. The highest BCUT2D eigenvalue weighted by Gasteiger charge is 2.62. The molecule has 58 heavy (non-hydrogen) atoms. The van der Waals surface area contributed by atoms with Crippen molar-refractivity contribution >= 4 is 94.2 Å². The van der Waals surface area contributed by atoms with Crippen molar-refractivity contribution in [2.45, 2.75) is 135 Å². The zero-order chi connectivity index (χ0) is 40.1. The second kappa shape index (κ2) is 11.0. The van der Waals surface area contributed by atoms with E-state index in [9.17, 15) is 0 Å². The summed E-state index contributed by atoms with van der Waals surface area (Å²) in [5.74, 6) is 0. The molecule has 0 radical (unpaired) electrons. The molecule has 0 bridgehead atoms. The van der Waals surface area contributed by atoms with Crippen LogP contribution in [0.3, 0.4) is 0 Å². The van der Waals surface area contributed by atoms with Crippen molar-refractivity contribution in [2.24, 2.45) is 0 Å². The van der Waals surface area contributed by atoms with Gasteiger partial charge in [-0.2, -0.15) is 0 Å². The van der Waals surface area contributed by atoms with Crippen molar-refractivity contribution in [3.05, 3.63) is 107 Å². The maximum atomic E-state index is 6.95. The minimum Gasteiger partial charge on any atom is -0.454 e. The minimum absolute atomic E-state index is 0.0214. The third kappa shape index (κ3) is 4.27. The molecule has 5 heteroatoms. The number of fused-ring (bicyclic) bond motifs is 13. The lowest BCUT2D eigenvalue weighted by Gasteiger charge is -2.52. The van der Waals surface area contributed by atoms with Gasteiger partial charge < -0.3 is 14.2 Å². The lowest BCUT2D eigenvalue weighted by molar-refractivity contribution is 0.195. The van der Waals surface area contributed by atoms with E-state index >= 15 is 0 Å². The number of para-hydroxylation sites is 2. The third-order valence-corrected chi connectivity index (χ3v) is 17.4. The molecule has 1 saturated carbocycles. The number of thiophene rings is 1. The monoisotopic (exact) mass is 778 g/mol. The van der Waals surface area contributed by atoms with Crippen LogP contribution in [0.4, 0.5) is 28.4 Å². The number of anilines is 5. The summed E-state index contributed by atoms with van der Waals surface area (Å²) in [4.78, 5) is 5.54. The van der Waals surface area contributed by atoms with Crippen molar-refractivity contribution in [1.29, 1.82) is 0 Å². The molecule has 2 aromatic heterocycles. The van der Waals surface area contributed by atoms with Crippen LogP contribution in [-0.4, -0.2) is 12.3 Å². The Labute approximate surface area is 348 Å². The predicted octanol–water partition coefficient (Wildman–Crippen LogP) is 13.1. The van der Waals surface area contributed by atoms with Crippen LogP contribution in [0.1, 0.15) is 129 Å². The smallest absolute Gasteiger partial charge is 0.264 e. The van der Waals surface area contributed by atoms with Crippen molar-refractivity contribution in [3.8, 4) is 0 Å². The van der Waals surface area contributed by atoms with Crippen LogP contribution in [0.25, 0.3) is 32.0 Å². The van der Waals surface area contributed by atoms with Gasteiger partial charge in [0, 0.05) is 48.1 Å². The molecular formula is C53H55BN2OS. The fourth-order valence-corrected chi connectivity index (χ4v) is 14.0. The standard InChI is InChI=1S/C53H55BN2OS/c1-30-24-40-44-41(25-30)56-46-37(52(9)20-13-14-21-53(52,56)10)26-31(49(2,3)4)27-38(46)54(44)48-45(34-28-35-36(29-43(34)58-48)51(7,8)23-22-50(35,5)6)55(40)39-18-15-17-33-32-16-11-12-19-42(32)57-47(33)39/h11-12,15-19,24-29H,13-14,20-23H2,1-10H3. The van der Waals surface area contributed by atoms with E-state index in [1.54, 1.807) is 5.56 Å². The quantitative estimate of drug-likeness (QED) is 0.155. The molecular weight excluding hydrogens is 723 g/mol. The summed E-state index contributed by atoms with van der Waals surface area (Å²) >= 11 is 2.06. The van der Waals surface area contributed by atoms with Crippen molar-refractivity contribution in [3.63, 3.8) is 0 Å². The summed E-state index contributed by atoms with van der Waals surface area (Å²) in [7, 11) is 0. The van der Waals surface area contributed by atoms with Gasteiger partial charge in [0.2, 0.25) is 0 Å². The van der Waals surface area contributed by atoms with Gasteiger partial charge in [-0.15, -0.1) is 11.3 Å². The Morgan fingerprint density at radius 2 is 1.38 bits per heavy atom. The fraction of sp³-hybridized carbons (Fsp3) is 0.396. The summed E-state index contributed by atoms with van der Waals surface area (Å²) in [6.45, 7) is 24.8. The Morgan fingerprint density at radius 3 is 2.16 bits per heavy atom. The zero-order valence-corrected chi connectivity index (χ0v) is 36.9. The molecule has 12 rings (SSSR count). The summed E-state index contributed by atoms with van der Waals surface area (Å²) < 4.78 is 9.82. The molecule has 0 N–H and O–H groups in total. The van der Waals surface area contributed by atoms with E-state index in [2.05, 4.69) is 169 Å². The van der Waals surface area contributed by atoms with Gasteiger partial charge in [-0.1, -0.05) is 111 Å². The van der Waals surface area contributed by atoms with E-state index in [1.165, 1.54) is 120 Å². The lowest BCUT2D eigenvalue weighted by Crippen LogP contribution is -2.64. The molecule has 2 unspecified atom stereocenters. The van der Waals surface area contributed by atoms with Gasteiger partial charge in [-0.25, -0.2) is 0 Å². The maximum Gasteiger partial charge on any atom is 0.264 e. The van der Waals surface area contributed by atoms with Crippen LogP contribution < -0.4 is 25.5 Å². The van der Waals surface area contributed by atoms with Crippen molar-refractivity contribution < 1.29 is 4.42 Å².